The zero-order chi connectivity index (χ0) is 8.65. The molecule has 0 aliphatic heterocycles. The summed E-state index contributed by atoms with van der Waals surface area (Å²) in [6, 6.07) is 4.11. The Morgan fingerprint density at radius 2 is 2.42 bits per heavy atom. The molecule has 65 valence electrons. The number of hydrogen-bond donors (Lipinski definition) is 0. The average Bonchev–Trinajstić information content (AvgIpc) is 2.57. The number of rotatable bonds is 6. The molecule has 1 aromatic heterocycles. The van der Waals surface area contributed by atoms with E-state index in [2.05, 4.69) is 11.4 Å². The molecule has 0 bridgehead atoms. The molecule has 0 fully saturated rings. The van der Waals surface area contributed by atoms with Crippen LogP contribution in [-0.2, 0) is 16.0 Å². The molecule has 1 rings (SSSR count). The summed E-state index contributed by atoms with van der Waals surface area (Å²) in [5, 5.41) is 2.05. The molecule has 0 unspecified atom stereocenters. The van der Waals surface area contributed by atoms with Gasteiger partial charge in [0.25, 0.3) is 0 Å². The number of thiophene rings is 1. The van der Waals surface area contributed by atoms with Gasteiger partial charge < -0.3 is 4.74 Å². The molecule has 1 heterocycles. The van der Waals surface area contributed by atoms with Gasteiger partial charge >= 0.3 is 0 Å². The molecule has 1 radical (unpaired) electrons. The standard InChI is InChI=1S/C9H11O2S/c10-5-2-6-11-7-4-9-3-1-8-12-9/h1,3,8H,2,4,6-7H2. The van der Waals surface area contributed by atoms with Crippen molar-refractivity contribution in [3.05, 3.63) is 22.4 Å². The molecule has 3 heteroatoms. The van der Waals surface area contributed by atoms with Crippen molar-refractivity contribution in [3.8, 4) is 0 Å². The van der Waals surface area contributed by atoms with Crippen molar-refractivity contribution in [2.75, 3.05) is 13.2 Å². The van der Waals surface area contributed by atoms with E-state index >= 15 is 0 Å². The highest BCUT2D eigenvalue weighted by atomic mass is 32.1. The Hall–Kier alpha value is -0.670. The van der Waals surface area contributed by atoms with Gasteiger partial charge in [-0.3, -0.25) is 4.79 Å². The Bertz CT molecular complexity index is 206. The molecule has 0 N–H and O–H groups in total. The molecule has 0 aliphatic carbocycles. The van der Waals surface area contributed by atoms with Crippen LogP contribution in [0.3, 0.4) is 0 Å². The first-order valence-corrected chi connectivity index (χ1v) is 4.76. The van der Waals surface area contributed by atoms with Gasteiger partial charge in [0.2, 0.25) is 6.29 Å². The molecule has 0 saturated heterocycles. The molecular weight excluding hydrogens is 172 g/mol. The third-order valence-corrected chi connectivity index (χ3v) is 2.36. The number of hydrogen-bond acceptors (Lipinski definition) is 3. The average molecular weight is 183 g/mol. The molecule has 0 amide bonds. The first kappa shape index (κ1) is 9.42. The lowest BCUT2D eigenvalue weighted by Gasteiger charge is -1.98. The zero-order valence-electron chi connectivity index (χ0n) is 6.79. The van der Waals surface area contributed by atoms with Crippen LogP contribution in [0.4, 0.5) is 0 Å². The Morgan fingerprint density at radius 3 is 3.08 bits per heavy atom. The normalized spacial score (nSPS) is 10.0. The summed E-state index contributed by atoms with van der Waals surface area (Å²) in [7, 11) is 0. The van der Waals surface area contributed by atoms with Crippen LogP contribution in [-0.4, -0.2) is 19.5 Å². The van der Waals surface area contributed by atoms with E-state index in [0.717, 1.165) is 6.42 Å². The summed E-state index contributed by atoms with van der Waals surface area (Å²) in [6.45, 7) is 1.19. The highest BCUT2D eigenvalue weighted by molar-refractivity contribution is 7.09. The summed E-state index contributed by atoms with van der Waals surface area (Å²) < 4.78 is 5.19. The summed E-state index contributed by atoms with van der Waals surface area (Å²) >= 11 is 1.73. The third kappa shape index (κ3) is 3.64. The van der Waals surface area contributed by atoms with Gasteiger partial charge in [0.15, 0.2) is 0 Å². The van der Waals surface area contributed by atoms with Crippen LogP contribution in [0.1, 0.15) is 11.3 Å². The van der Waals surface area contributed by atoms with Crippen LogP contribution < -0.4 is 0 Å². The smallest absolute Gasteiger partial charge is 0.200 e. The van der Waals surface area contributed by atoms with E-state index in [0.29, 0.717) is 19.6 Å². The minimum absolute atomic E-state index is 0.379. The highest BCUT2D eigenvalue weighted by Gasteiger charge is 1.93. The molecule has 2 nitrogen and oxygen atoms in total. The largest absolute Gasteiger partial charge is 0.381 e. The van der Waals surface area contributed by atoms with E-state index in [-0.39, 0.29) is 0 Å². The summed E-state index contributed by atoms with van der Waals surface area (Å²) in [6.07, 6.45) is 3.11. The lowest BCUT2D eigenvalue weighted by molar-refractivity contribution is 0.144. The Kier molecular flexibility index (Phi) is 4.64. The summed E-state index contributed by atoms with van der Waals surface area (Å²) in [4.78, 5) is 11.1. The summed E-state index contributed by atoms with van der Waals surface area (Å²) in [5.41, 5.74) is 0. The fraction of sp³-hybridized carbons (Fsp3) is 0.444. The Labute approximate surface area is 76.2 Å². The van der Waals surface area contributed by atoms with Crippen molar-refractivity contribution >= 4 is 17.6 Å². The van der Waals surface area contributed by atoms with E-state index < -0.39 is 0 Å². The Balaban J connectivity index is 2.00. The van der Waals surface area contributed by atoms with Gasteiger partial charge in [-0.2, -0.15) is 0 Å². The van der Waals surface area contributed by atoms with Crippen molar-refractivity contribution in [3.63, 3.8) is 0 Å². The van der Waals surface area contributed by atoms with Crippen LogP contribution in [0.5, 0.6) is 0 Å². The predicted octanol–water partition coefficient (Wildman–Crippen LogP) is 1.81. The molecule has 0 aromatic carbocycles. The van der Waals surface area contributed by atoms with Crippen molar-refractivity contribution in [1.82, 2.24) is 0 Å². The van der Waals surface area contributed by atoms with E-state index in [1.165, 1.54) is 4.88 Å². The fourth-order valence-corrected chi connectivity index (χ4v) is 1.53. The van der Waals surface area contributed by atoms with Crippen molar-refractivity contribution < 1.29 is 9.53 Å². The summed E-state index contributed by atoms with van der Waals surface area (Å²) in [5.74, 6) is 0. The van der Waals surface area contributed by atoms with E-state index in [1.54, 1.807) is 17.6 Å². The SMILES string of the molecule is O=[C]CCOCCc1cccs1. The maximum absolute atomic E-state index is 9.79. The van der Waals surface area contributed by atoms with Crippen LogP contribution in [0.15, 0.2) is 17.5 Å². The van der Waals surface area contributed by atoms with Crippen molar-refractivity contribution in [1.29, 1.82) is 0 Å². The van der Waals surface area contributed by atoms with Gasteiger partial charge in [0, 0.05) is 17.7 Å². The van der Waals surface area contributed by atoms with Gasteiger partial charge in [-0.1, -0.05) is 6.07 Å². The monoisotopic (exact) mass is 183 g/mol. The fourth-order valence-electron chi connectivity index (χ4n) is 0.843. The zero-order valence-corrected chi connectivity index (χ0v) is 7.60. The Morgan fingerprint density at radius 1 is 1.50 bits per heavy atom. The number of carbonyl (C=O) groups excluding carboxylic acids is 1. The second-order valence-corrected chi connectivity index (χ2v) is 3.37. The maximum atomic E-state index is 9.79. The van der Waals surface area contributed by atoms with Gasteiger partial charge in [-0.05, 0) is 11.4 Å². The number of ether oxygens (including phenoxy) is 1. The second kappa shape index (κ2) is 5.91. The minimum Gasteiger partial charge on any atom is -0.381 e. The van der Waals surface area contributed by atoms with Gasteiger partial charge in [-0.15, -0.1) is 11.3 Å². The molecule has 0 saturated carbocycles. The third-order valence-electron chi connectivity index (χ3n) is 1.42. The van der Waals surface area contributed by atoms with Crippen molar-refractivity contribution in [2.45, 2.75) is 12.8 Å². The lowest BCUT2D eigenvalue weighted by atomic mass is 10.4. The van der Waals surface area contributed by atoms with E-state index in [1.807, 2.05) is 6.07 Å². The molecule has 0 atom stereocenters. The lowest BCUT2D eigenvalue weighted by Crippen LogP contribution is -1.99. The molecule has 0 aliphatic rings. The predicted molar refractivity (Wildman–Crippen MR) is 49.2 cm³/mol. The van der Waals surface area contributed by atoms with Gasteiger partial charge in [0.1, 0.15) is 0 Å². The minimum atomic E-state index is 0.379. The topological polar surface area (TPSA) is 26.3 Å². The van der Waals surface area contributed by atoms with Crippen LogP contribution >= 0.6 is 11.3 Å². The molecular formula is C9H11O2S. The van der Waals surface area contributed by atoms with Crippen LogP contribution in [0.25, 0.3) is 0 Å². The first-order valence-electron chi connectivity index (χ1n) is 3.88. The van der Waals surface area contributed by atoms with E-state index in [4.69, 9.17) is 4.74 Å². The van der Waals surface area contributed by atoms with E-state index in [9.17, 15) is 4.79 Å². The maximum Gasteiger partial charge on any atom is 0.200 e. The van der Waals surface area contributed by atoms with Crippen molar-refractivity contribution in [2.24, 2.45) is 0 Å². The quantitative estimate of drug-likeness (QED) is 0.629. The highest BCUT2D eigenvalue weighted by Crippen LogP contribution is 2.08. The second-order valence-electron chi connectivity index (χ2n) is 2.34. The molecule has 1 aromatic rings. The van der Waals surface area contributed by atoms with Crippen LogP contribution in [0.2, 0.25) is 0 Å². The van der Waals surface area contributed by atoms with Gasteiger partial charge in [-0.25, -0.2) is 0 Å². The molecule has 0 spiro atoms. The molecule has 12 heavy (non-hydrogen) atoms. The first-order chi connectivity index (χ1) is 5.93. The van der Waals surface area contributed by atoms with Gasteiger partial charge in [0.05, 0.1) is 13.2 Å². The van der Waals surface area contributed by atoms with Crippen LogP contribution in [0, 0.1) is 0 Å².